The number of allylic oxidation sites excluding steroid dienone is 6. The van der Waals surface area contributed by atoms with Crippen LogP contribution in [0.2, 0.25) is 0 Å². The molecule has 0 N–H and O–H groups in total. The predicted molar refractivity (Wildman–Crippen MR) is 326 cm³/mol. The summed E-state index contributed by atoms with van der Waals surface area (Å²) >= 11 is 0. The van der Waals surface area contributed by atoms with Crippen LogP contribution in [0.15, 0.2) is 36.5 Å². The number of unbranched alkanes of at least 4 members (excludes halogenated alkanes) is 45. The molecule has 0 amide bonds. The van der Waals surface area contributed by atoms with Gasteiger partial charge in [0.25, 0.3) is 0 Å². The monoisotopic (exact) mass is 1050 g/mol. The van der Waals surface area contributed by atoms with Crippen molar-refractivity contribution in [1.82, 2.24) is 0 Å². The van der Waals surface area contributed by atoms with Gasteiger partial charge in [0.15, 0.2) is 6.10 Å². The Morgan fingerprint density at radius 1 is 0.280 bits per heavy atom. The fraction of sp³-hybridized carbons (Fsp3) is 0.870. The second-order valence-corrected chi connectivity index (χ2v) is 22.7. The first kappa shape index (κ1) is 72.6. The molecular formula is C69H128O6. The molecule has 0 heterocycles. The summed E-state index contributed by atoms with van der Waals surface area (Å²) in [5.41, 5.74) is 0. The second-order valence-electron chi connectivity index (χ2n) is 22.7. The molecule has 0 aromatic carbocycles. The fourth-order valence-electron chi connectivity index (χ4n) is 10.2. The van der Waals surface area contributed by atoms with Crippen molar-refractivity contribution in [3.8, 4) is 0 Å². The first-order valence-corrected chi connectivity index (χ1v) is 33.5. The van der Waals surface area contributed by atoms with E-state index in [2.05, 4.69) is 57.2 Å². The van der Waals surface area contributed by atoms with Gasteiger partial charge in [0, 0.05) is 19.3 Å². The van der Waals surface area contributed by atoms with Gasteiger partial charge in [-0.15, -0.1) is 0 Å². The van der Waals surface area contributed by atoms with Crippen molar-refractivity contribution in [3.05, 3.63) is 36.5 Å². The van der Waals surface area contributed by atoms with Crippen molar-refractivity contribution in [2.75, 3.05) is 13.2 Å². The Labute approximate surface area is 467 Å². The number of hydrogen-bond acceptors (Lipinski definition) is 6. The maximum Gasteiger partial charge on any atom is 0.306 e. The molecule has 6 heteroatoms. The summed E-state index contributed by atoms with van der Waals surface area (Å²) < 4.78 is 17.0. The van der Waals surface area contributed by atoms with Crippen LogP contribution in [0.3, 0.4) is 0 Å². The van der Waals surface area contributed by atoms with E-state index in [1.54, 1.807) is 0 Å². The van der Waals surface area contributed by atoms with Crippen molar-refractivity contribution in [1.29, 1.82) is 0 Å². The molecule has 0 aliphatic carbocycles. The zero-order chi connectivity index (χ0) is 54.3. The van der Waals surface area contributed by atoms with Crippen LogP contribution in [0, 0.1) is 0 Å². The van der Waals surface area contributed by atoms with E-state index in [-0.39, 0.29) is 31.1 Å². The van der Waals surface area contributed by atoms with Crippen LogP contribution < -0.4 is 0 Å². The first-order valence-electron chi connectivity index (χ1n) is 33.5. The van der Waals surface area contributed by atoms with Crippen molar-refractivity contribution in [3.63, 3.8) is 0 Å². The smallest absolute Gasteiger partial charge is 0.306 e. The molecular weight excluding hydrogens is 925 g/mol. The van der Waals surface area contributed by atoms with E-state index in [4.69, 9.17) is 14.2 Å². The minimum Gasteiger partial charge on any atom is -0.462 e. The van der Waals surface area contributed by atoms with Gasteiger partial charge in [0.05, 0.1) is 0 Å². The SMILES string of the molecule is CC/C=C\C/C=C\C/C=C\CCCCCCCC(=O)OC(COC(=O)CCCCCCCCCCCCCCCCCCCCCCC)COC(=O)CCCCCCCCCCCCCCCCCCCCCCC. The average Bonchev–Trinajstić information content (AvgIpc) is 3.41. The third-order valence-electron chi connectivity index (χ3n) is 15.2. The molecule has 0 aromatic rings. The summed E-state index contributed by atoms with van der Waals surface area (Å²) in [5, 5.41) is 0. The molecule has 0 bridgehead atoms. The van der Waals surface area contributed by atoms with Gasteiger partial charge in [-0.2, -0.15) is 0 Å². The summed E-state index contributed by atoms with van der Waals surface area (Å²) in [7, 11) is 0. The van der Waals surface area contributed by atoms with Gasteiger partial charge < -0.3 is 14.2 Å². The van der Waals surface area contributed by atoms with Gasteiger partial charge in [0.1, 0.15) is 13.2 Å². The third kappa shape index (κ3) is 62.4. The predicted octanol–water partition coefficient (Wildman–Crippen LogP) is 22.8. The van der Waals surface area contributed by atoms with E-state index in [1.165, 1.54) is 231 Å². The maximum atomic E-state index is 12.9. The molecule has 6 nitrogen and oxygen atoms in total. The largest absolute Gasteiger partial charge is 0.462 e. The lowest BCUT2D eigenvalue weighted by atomic mass is 10.0. The normalized spacial score (nSPS) is 11.8. The van der Waals surface area contributed by atoms with Crippen LogP contribution >= 0.6 is 0 Å². The lowest BCUT2D eigenvalue weighted by molar-refractivity contribution is -0.167. The van der Waals surface area contributed by atoms with Gasteiger partial charge in [-0.1, -0.05) is 333 Å². The topological polar surface area (TPSA) is 78.9 Å². The highest BCUT2D eigenvalue weighted by atomic mass is 16.6. The number of carbonyl (C=O) groups excluding carboxylic acids is 3. The molecule has 0 radical (unpaired) electrons. The number of rotatable bonds is 62. The Balaban J connectivity index is 4.28. The average molecular weight is 1050 g/mol. The molecule has 440 valence electrons. The number of esters is 3. The van der Waals surface area contributed by atoms with E-state index in [1.807, 2.05) is 0 Å². The Morgan fingerprint density at radius 3 is 0.813 bits per heavy atom. The quantitative estimate of drug-likeness (QED) is 0.0261. The molecule has 0 fully saturated rings. The summed E-state index contributed by atoms with van der Waals surface area (Å²) in [6, 6.07) is 0. The minimum atomic E-state index is -0.778. The summed E-state index contributed by atoms with van der Waals surface area (Å²) in [6.45, 7) is 6.59. The summed E-state index contributed by atoms with van der Waals surface area (Å²) in [5.74, 6) is -0.862. The second kappa shape index (κ2) is 64.2. The highest BCUT2D eigenvalue weighted by molar-refractivity contribution is 5.71. The molecule has 0 aliphatic heterocycles. The fourth-order valence-corrected chi connectivity index (χ4v) is 10.2. The molecule has 75 heavy (non-hydrogen) atoms. The van der Waals surface area contributed by atoms with E-state index in [0.717, 1.165) is 96.3 Å². The van der Waals surface area contributed by atoms with E-state index < -0.39 is 6.10 Å². The van der Waals surface area contributed by atoms with Gasteiger partial charge in [0.2, 0.25) is 0 Å². The lowest BCUT2D eigenvalue weighted by Crippen LogP contribution is -2.30. The van der Waals surface area contributed by atoms with Crippen molar-refractivity contribution in [2.45, 2.75) is 374 Å². The molecule has 0 unspecified atom stereocenters. The summed E-state index contributed by atoms with van der Waals surface area (Å²) in [4.78, 5) is 38.4. The van der Waals surface area contributed by atoms with Crippen LogP contribution in [-0.2, 0) is 28.6 Å². The number of ether oxygens (including phenoxy) is 3. The zero-order valence-corrected chi connectivity index (χ0v) is 50.6. The van der Waals surface area contributed by atoms with Crippen LogP contribution in [0.25, 0.3) is 0 Å². The van der Waals surface area contributed by atoms with E-state index >= 15 is 0 Å². The lowest BCUT2D eigenvalue weighted by Gasteiger charge is -2.18. The number of hydrogen-bond donors (Lipinski definition) is 0. The highest BCUT2D eigenvalue weighted by Crippen LogP contribution is 2.18. The van der Waals surface area contributed by atoms with Crippen molar-refractivity contribution < 1.29 is 28.6 Å². The zero-order valence-electron chi connectivity index (χ0n) is 50.6. The number of carbonyl (C=O) groups is 3. The van der Waals surface area contributed by atoms with E-state index in [0.29, 0.717) is 19.3 Å². The van der Waals surface area contributed by atoms with Gasteiger partial charge in [-0.05, 0) is 51.4 Å². The highest BCUT2D eigenvalue weighted by Gasteiger charge is 2.19. The third-order valence-corrected chi connectivity index (χ3v) is 15.2. The maximum absolute atomic E-state index is 12.9. The molecule has 0 rings (SSSR count). The summed E-state index contributed by atoms with van der Waals surface area (Å²) in [6.07, 6.45) is 78.8. The Kier molecular flexibility index (Phi) is 62.1. The van der Waals surface area contributed by atoms with E-state index in [9.17, 15) is 14.4 Å². The van der Waals surface area contributed by atoms with Crippen molar-refractivity contribution in [2.24, 2.45) is 0 Å². The van der Waals surface area contributed by atoms with Gasteiger partial charge in [-0.25, -0.2) is 0 Å². The van der Waals surface area contributed by atoms with Crippen LogP contribution in [0.1, 0.15) is 367 Å². The molecule has 0 aromatic heterocycles. The minimum absolute atomic E-state index is 0.0737. The molecule has 0 aliphatic rings. The van der Waals surface area contributed by atoms with Crippen LogP contribution in [-0.4, -0.2) is 37.2 Å². The van der Waals surface area contributed by atoms with Gasteiger partial charge in [-0.3, -0.25) is 14.4 Å². The molecule has 0 spiro atoms. The standard InChI is InChI=1S/C69H128O6/c1-4-7-10-13-16-19-22-25-28-30-32-34-36-38-41-43-46-49-52-55-58-61-67(70)73-64-66(75-69(72)63-60-57-54-51-48-45-40-27-24-21-18-15-12-9-6-3)65-74-68(71)62-59-56-53-50-47-44-42-39-37-35-33-31-29-26-23-20-17-14-11-8-5-2/h9,12,18,21,27,40,66H,4-8,10-11,13-17,19-20,22-26,28-39,41-65H2,1-3H3/b12-9-,21-18-,40-27-. The Bertz CT molecular complexity index is 1190. The van der Waals surface area contributed by atoms with Crippen LogP contribution in [0.5, 0.6) is 0 Å². The first-order chi connectivity index (χ1) is 37.0. The Hall–Kier alpha value is -2.37. The molecule has 0 saturated heterocycles. The van der Waals surface area contributed by atoms with Crippen LogP contribution in [0.4, 0.5) is 0 Å². The Morgan fingerprint density at radius 2 is 0.520 bits per heavy atom. The molecule has 0 atom stereocenters. The van der Waals surface area contributed by atoms with Crippen molar-refractivity contribution >= 4 is 17.9 Å². The molecule has 0 saturated carbocycles. The van der Waals surface area contributed by atoms with Gasteiger partial charge >= 0.3 is 17.9 Å².